The Hall–Kier alpha value is -3.11. The van der Waals surface area contributed by atoms with E-state index in [1.165, 1.54) is 0 Å². The summed E-state index contributed by atoms with van der Waals surface area (Å²) in [7, 11) is 0. The number of carbonyl (C=O) groups is 1. The van der Waals surface area contributed by atoms with E-state index in [2.05, 4.69) is 5.32 Å². The molecule has 2 aromatic carbocycles. The van der Waals surface area contributed by atoms with Gasteiger partial charge in [-0.25, -0.2) is 0 Å². The van der Waals surface area contributed by atoms with Gasteiger partial charge in [0.1, 0.15) is 11.5 Å². The number of fused-ring (bicyclic) bond motifs is 1. The summed E-state index contributed by atoms with van der Waals surface area (Å²) in [4.78, 5) is 12.1. The zero-order valence-electron chi connectivity index (χ0n) is 12.8. The fourth-order valence-electron chi connectivity index (χ4n) is 2.78. The molecule has 4 heteroatoms. The SMILES string of the molecule is O=C1Nc2ccccc2/C1=C\c1ccc(-c2ccc(CO)cc2)o1. The molecule has 0 saturated heterocycles. The maximum atomic E-state index is 12.1. The van der Waals surface area contributed by atoms with Crippen molar-refractivity contribution in [1.29, 1.82) is 0 Å². The van der Waals surface area contributed by atoms with Crippen molar-refractivity contribution in [3.05, 3.63) is 77.6 Å². The van der Waals surface area contributed by atoms with Crippen LogP contribution in [0.1, 0.15) is 16.9 Å². The van der Waals surface area contributed by atoms with Crippen LogP contribution in [0.2, 0.25) is 0 Å². The lowest BCUT2D eigenvalue weighted by Gasteiger charge is -1.99. The van der Waals surface area contributed by atoms with E-state index in [0.29, 0.717) is 11.3 Å². The summed E-state index contributed by atoms with van der Waals surface area (Å²) in [5.41, 5.74) is 4.08. The average molecular weight is 317 g/mol. The van der Waals surface area contributed by atoms with Gasteiger partial charge < -0.3 is 14.8 Å². The molecule has 1 amide bonds. The summed E-state index contributed by atoms with van der Waals surface area (Å²) in [6, 6.07) is 18.8. The van der Waals surface area contributed by atoms with Crippen LogP contribution < -0.4 is 5.32 Å². The Bertz CT molecular complexity index is 936. The minimum absolute atomic E-state index is 0.0182. The van der Waals surface area contributed by atoms with Crippen LogP contribution in [0.4, 0.5) is 5.69 Å². The zero-order chi connectivity index (χ0) is 16.5. The Labute approximate surface area is 139 Å². The maximum absolute atomic E-state index is 12.1. The van der Waals surface area contributed by atoms with Gasteiger partial charge >= 0.3 is 0 Å². The van der Waals surface area contributed by atoms with Gasteiger partial charge in [0.25, 0.3) is 5.91 Å². The van der Waals surface area contributed by atoms with Gasteiger partial charge in [-0.15, -0.1) is 0 Å². The molecule has 118 valence electrons. The van der Waals surface area contributed by atoms with Crippen LogP contribution in [0.25, 0.3) is 23.0 Å². The van der Waals surface area contributed by atoms with Gasteiger partial charge in [0.15, 0.2) is 0 Å². The minimum atomic E-state index is -0.124. The number of aliphatic hydroxyl groups is 1. The number of nitrogens with one attached hydrogen (secondary N) is 1. The van der Waals surface area contributed by atoms with Gasteiger partial charge in [-0.1, -0.05) is 42.5 Å². The predicted molar refractivity (Wildman–Crippen MR) is 93.0 cm³/mol. The largest absolute Gasteiger partial charge is 0.457 e. The number of hydrogen-bond acceptors (Lipinski definition) is 3. The van der Waals surface area contributed by atoms with Crippen molar-refractivity contribution in [1.82, 2.24) is 0 Å². The molecule has 0 atom stereocenters. The molecule has 2 heterocycles. The molecule has 0 aliphatic carbocycles. The van der Waals surface area contributed by atoms with Crippen LogP contribution in [0, 0.1) is 0 Å². The van der Waals surface area contributed by atoms with Gasteiger partial charge in [0.2, 0.25) is 0 Å². The number of para-hydroxylation sites is 1. The highest BCUT2D eigenvalue weighted by Gasteiger charge is 2.23. The highest BCUT2D eigenvalue weighted by molar-refractivity contribution is 6.34. The van der Waals surface area contributed by atoms with E-state index < -0.39 is 0 Å². The highest BCUT2D eigenvalue weighted by Crippen LogP contribution is 2.33. The standard InChI is InChI=1S/C20H15NO3/c22-12-13-5-7-14(8-6-13)19-10-9-15(24-19)11-17-16-3-1-2-4-18(16)21-20(17)23/h1-11,22H,12H2,(H,21,23)/b17-11+. The zero-order valence-corrected chi connectivity index (χ0v) is 12.8. The normalized spacial score (nSPS) is 14.7. The molecule has 24 heavy (non-hydrogen) atoms. The molecule has 0 spiro atoms. The van der Waals surface area contributed by atoms with Crippen molar-refractivity contribution in [2.75, 3.05) is 5.32 Å². The predicted octanol–water partition coefficient (Wildman–Crippen LogP) is 3.93. The Balaban J connectivity index is 1.67. The number of aliphatic hydroxyl groups excluding tert-OH is 1. The van der Waals surface area contributed by atoms with Crippen molar-refractivity contribution in [3.8, 4) is 11.3 Å². The number of rotatable bonds is 3. The lowest BCUT2D eigenvalue weighted by Crippen LogP contribution is -2.03. The molecule has 0 radical (unpaired) electrons. The van der Waals surface area contributed by atoms with E-state index in [1.54, 1.807) is 6.08 Å². The second kappa shape index (κ2) is 5.83. The molecule has 1 aromatic heterocycles. The first-order valence-electron chi connectivity index (χ1n) is 7.67. The molecule has 0 bridgehead atoms. The monoisotopic (exact) mass is 317 g/mol. The molecule has 0 saturated carbocycles. The molecular weight excluding hydrogens is 302 g/mol. The van der Waals surface area contributed by atoms with Gasteiger partial charge in [-0.05, 0) is 29.8 Å². The average Bonchev–Trinajstić information content (AvgIpc) is 3.21. The van der Waals surface area contributed by atoms with Gasteiger partial charge in [0.05, 0.1) is 12.2 Å². The minimum Gasteiger partial charge on any atom is -0.457 e. The summed E-state index contributed by atoms with van der Waals surface area (Å²) in [6.07, 6.45) is 1.76. The Kier molecular flexibility index (Phi) is 3.52. The van der Waals surface area contributed by atoms with Crippen molar-refractivity contribution in [2.45, 2.75) is 6.61 Å². The summed E-state index contributed by atoms with van der Waals surface area (Å²) in [5.74, 6) is 1.22. The smallest absolute Gasteiger partial charge is 0.256 e. The van der Waals surface area contributed by atoms with E-state index >= 15 is 0 Å². The van der Waals surface area contributed by atoms with Crippen LogP contribution in [-0.4, -0.2) is 11.0 Å². The van der Waals surface area contributed by atoms with Crippen LogP contribution in [-0.2, 0) is 11.4 Å². The molecule has 4 rings (SSSR count). The lowest BCUT2D eigenvalue weighted by molar-refractivity contribution is -0.110. The molecule has 2 N–H and O–H groups in total. The third-order valence-electron chi connectivity index (χ3n) is 4.04. The van der Waals surface area contributed by atoms with Crippen molar-refractivity contribution in [2.24, 2.45) is 0 Å². The lowest BCUT2D eigenvalue weighted by atomic mass is 10.1. The number of anilines is 1. The molecule has 0 fully saturated rings. The van der Waals surface area contributed by atoms with Gasteiger partial charge in [0, 0.05) is 16.8 Å². The number of furan rings is 1. The second-order valence-electron chi connectivity index (χ2n) is 5.61. The number of benzene rings is 2. The maximum Gasteiger partial charge on any atom is 0.256 e. The van der Waals surface area contributed by atoms with Crippen LogP contribution in [0.3, 0.4) is 0 Å². The fraction of sp³-hybridized carbons (Fsp3) is 0.0500. The third-order valence-corrected chi connectivity index (χ3v) is 4.04. The Morgan fingerprint density at radius 1 is 1.00 bits per heavy atom. The first kappa shape index (κ1) is 14.5. The summed E-state index contributed by atoms with van der Waals surface area (Å²) >= 11 is 0. The van der Waals surface area contributed by atoms with Crippen molar-refractivity contribution >= 4 is 23.2 Å². The number of hydrogen-bond donors (Lipinski definition) is 2. The van der Waals surface area contributed by atoms with E-state index in [0.717, 1.165) is 28.1 Å². The van der Waals surface area contributed by atoms with Crippen molar-refractivity contribution < 1.29 is 14.3 Å². The summed E-state index contributed by atoms with van der Waals surface area (Å²) < 4.78 is 5.85. The van der Waals surface area contributed by atoms with Crippen molar-refractivity contribution in [3.63, 3.8) is 0 Å². The molecule has 4 nitrogen and oxygen atoms in total. The van der Waals surface area contributed by atoms with Gasteiger partial charge in [-0.3, -0.25) is 4.79 Å². The molecule has 0 unspecified atom stereocenters. The Morgan fingerprint density at radius 2 is 1.79 bits per heavy atom. The summed E-state index contributed by atoms with van der Waals surface area (Å²) in [6.45, 7) is 0.0182. The topological polar surface area (TPSA) is 62.5 Å². The highest BCUT2D eigenvalue weighted by atomic mass is 16.3. The first-order chi connectivity index (χ1) is 11.7. The van der Waals surface area contributed by atoms with E-state index in [9.17, 15) is 4.79 Å². The first-order valence-corrected chi connectivity index (χ1v) is 7.67. The number of carbonyl (C=O) groups excluding carboxylic acids is 1. The van der Waals surface area contributed by atoms with E-state index in [1.807, 2.05) is 60.7 Å². The summed E-state index contributed by atoms with van der Waals surface area (Å²) in [5, 5.41) is 11.9. The van der Waals surface area contributed by atoms with Crippen LogP contribution >= 0.6 is 0 Å². The van der Waals surface area contributed by atoms with Crippen LogP contribution in [0.15, 0.2) is 65.1 Å². The molecule has 1 aliphatic heterocycles. The fourth-order valence-corrected chi connectivity index (χ4v) is 2.78. The quantitative estimate of drug-likeness (QED) is 0.719. The van der Waals surface area contributed by atoms with Crippen LogP contribution in [0.5, 0.6) is 0 Å². The Morgan fingerprint density at radius 3 is 2.58 bits per heavy atom. The van der Waals surface area contributed by atoms with E-state index in [-0.39, 0.29) is 12.5 Å². The third kappa shape index (κ3) is 2.53. The van der Waals surface area contributed by atoms with Gasteiger partial charge in [-0.2, -0.15) is 0 Å². The molecular formula is C20H15NO3. The number of amides is 1. The van der Waals surface area contributed by atoms with E-state index in [4.69, 9.17) is 9.52 Å². The molecule has 3 aromatic rings. The molecule has 1 aliphatic rings. The second-order valence-corrected chi connectivity index (χ2v) is 5.61.